The van der Waals surface area contributed by atoms with Gasteiger partial charge in [-0.1, -0.05) is 0 Å². The molecular formula is C11H17N3O2. The lowest BCUT2D eigenvalue weighted by Gasteiger charge is -2.27. The summed E-state index contributed by atoms with van der Waals surface area (Å²) in [5.74, 6) is -0.507. The number of rotatable bonds is 4. The molecule has 1 unspecified atom stereocenters. The molecule has 0 aliphatic rings. The first kappa shape index (κ1) is 12.3. The predicted molar refractivity (Wildman–Crippen MR) is 64.3 cm³/mol. The minimum Gasteiger partial charge on any atom is -0.399 e. The second kappa shape index (κ2) is 4.85. The summed E-state index contributed by atoms with van der Waals surface area (Å²) in [6, 6.07) is 4.78. The van der Waals surface area contributed by atoms with Crippen LogP contribution in [-0.4, -0.2) is 30.7 Å². The van der Waals surface area contributed by atoms with Crippen LogP contribution in [0.5, 0.6) is 0 Å². The van der Waals surface area contributed by atoms with Crippen LogP contribution < -0.4 is 16.4 Å². The molecule has 5 heteroatoms. The fraction of sp³-hybridized carbons (Fsp3) is 0.364. The van der Waals surface area contributed by atoms with Crippen molar-refractivity contribution in [1.29, 1.82) is 0 Å². The number of benzene rings is 1. The fourth-order valence-corrected chi connectivity index (χ4v) is 1.41. The second-order valence-electron chi connectivity index (χ2n) is 3.78. The number of carbonyl (C=O) groups excluding carboxylic acids is 1. The molecule has 0 aromatic heterocycles. The van der Waals surface area contributed by atoms with Crippen LogP contribution in [0, 0.1) is 0 Å². The third-order valence-electron chi connectivity index (χ3n) is 2.59. The van der Waals surface area contributed by atoms with E-state index in [9.17, 15) is 4.79 Å². The summed E-state index contributed by atoms with van der Waals surface area (Å²) >= 11 is 0. The van der Waals surface area contributed by atoms with Crippen LogP contribution in [0.4, 0.5) is 11.4 Å². The lowest BCUT2D eigenvalue weighted by molar-refractivity contribution is 0.100. The Labute approximate surface area is 94.7 Å². The Morgan fingerprint density at radius 3 is 2.69 bits per heavy atom. The molecule has 0 heterocycles. The molecule has 0 spiro atoms. The van der Waals surface area contributed by atoms with Gasteiger partial charge in [0.15, 0.2) is 0 Å². The van der Waals surface area contributed by atoms with E-state index in [1.54, 1.807) is 30.1 Å². The minimum absolute atomic E-state index is 0.0104. The zero-order valence-electron chi connectivity index (χ0n) is 9.47. The van der Waals surface area contributed by atoms with Crippen LogP contribution in [-0.2, 0) is 0 Å². The number of anilines is 2. The van der Waals surface area contributed by atoms with E-state index in [0.29, 0.717) is 16.9 Å². The van der Waals surface area contributed by atoms with Crippen molar-refractivity contribution < 1.29 is 9.90 Å². The van der Waals surface area contributed by atoms with Gasteiger partial charge in [-0.3, -0.25) is 4.79 Å². The van der Waals surface area contributed by atoms with Gasteiger partial charge in [-0.05, 0) is 25.1 Å². The third-order valence-corrected chi connectivity index (χ3v) is 2.59. The molecular weight excluding hydrogens is 206 g/mol. The Morgan fingerprint density at radius 1 is 1.56 bits per heavy atom. The Hall–Kier alpha value is -1.75. The molecule has 1 atom stereocenters. The Balaban J connectivity index is 3.19. The molecule has 0 aliphatic heterocycles. The van der Waals surface area contributed by atoms with Crippen LogP contribution in [0.3, 0.4) is 0 Å². The first-order valence-corrected chi connectivity index (χ1v) is 5.00. The van der Waals surface area contributed by atoms with Gasteiger partial charge in [0.2, 0.25) is 0 Å². The molecule has 0 radical (unpaired) electrons. The average molecular weight is 223 g/mol. The first-order chi connectivity index (χ1) is 7.47. The fourth-order valence-electron chi connectivity index (χ4n) is 1.41. The van der Waals surface area contributed by atoms with Gasteiger partial charge in [0.25, 0.3) is 5.91 Å². The van der Waals surface area contributed by atoms with E-state index in [0.717, 1.165) is 0 Å². The summed E-state index contributed by atoms with van der Waals surface area (Å²) in [7, 11) is 1.78. The second-order valence-corrected chi connectivity index (χ2v) is 3.78. The van der Waals surface area contributed by atoms with Gasteiger partial charge in [0, 0.05) is 18.8 Å². The van der Waals surface area contributed by atoms with Crippen LogP contribution in [0.15, 0.2) is 18.2 Å². The van der Waals surface area contributed by atoms with E-state index in [4.69, 9.17) is 16.6 Å². The van der Waals surface area contributed by atoms with Gasteiger partial charge < -0.3 is 21.5 Å². The SMILES string of the molecule is CC(CO)N(C)c1cc(N)ccc1C(N)=O. The third kappa shape index (κ3) is 2.43. The topological polar surface area (TPSA) is 92.6 Å². The smallest absolute Gasteiger partial charge is 0.250 e. The summed E-state index contributed by atoms with van der Waals surface area (Å²) in [4.78, 5) is 13.0. The number of amides is 1. The van der Waals surface area contributed by atoms with Crippen molar-refractivity contribution in [2.75, 3.05) is 24.3 Å². The van der Waals surface area contributed by atoms with Gasteiger partial charge in [-0.15, -0.1) is 0 Å². The van der Waals surface area contributed by atoms with Crippen LogP contribution >= 0.6 is 0 Å². The number of nitrogen functional groups attached to an aromatic ring is 1. The van der Waals surface area contributed by atoms with Crippen molar-refractivity contribution in [1.82, 2.24) is 0 Å². The number of hydrogen-bond donors (Lipinski definition) is 3. The molecule has 0 saturated carbocycles. The number of aliphatic hydroxyl groups is 1. The molecule has 0 aliphatic carbocycles. The standard InChI is InChI=1S/C11H17N3O2/c1-7(6-15)14(2)10-5-8(12)3-4-9(10)11(13)16/h3-5,7,15H,6,12H2,1-2H3,(H2,13,16). The van der Waals surface area contributed by atoms with Crippen molar-refractivity contribution in [3.05, 3.63) is 23.8 Å². The Morgan fingerprint density at radius 2 is 2.19 bits per heavy atom. The quantitative estimate of drug-likeness (QED) is 0.635. The van der Waals surface area contributed by atoms with Crippen LogP contribution in [0.1, 0.15) is 17.3 Å². The Kier molecular flexibility index (Phi) is 3.73. The predicted octanol–water partition coefficient (Wildman–Crippen LogP) is 0.185. The van der Waals surface area contributed by atoms with Gasteiger partial charge in [0.1, 0.15) is 0 Å². The lowest BCUT2D eigenvalue weighted by atomic mass is 10.1. The number of hydrogen-bond acceptors (Lipinski definition) is 4. The van der Waals surface area contributed by atoms with Crippen LogP contribution in [0.25, 0.3) is 0 Å². The molecule has 1 amide bonds. The molecule has 16 heavy (non-hydrogen) atoms. The molecule has 0 bridgehead atoms. The molecule has 1 rings (SSSR count). The number of aliphatic hydroxyl groups excluding tert-OH is 1. The van der Waals surface area contributed by atoms with E-state index in [1.807, 2.05) is 6.92 Å². The molecule has 1 aromatic rings. The molecule has 0 saturated heterocycles. The normalized spacial score (nSPS) is 12.2. The van der Waals surface area contributed by atoms with Gasteiger partial charge in [0.05, 0.1) is 17.9 Å². The maximum atomic E-state index is 11.2. The van der Waals surface area contributed by atoms with Crippen molar-refractivity contribution in [3.63, 3.8) is 0 Å². The highest BCUT2D eigenvalue weighted by Crippen LogP contribution is 2.23. The highest BCUT2D eigenvalue weighted by molar-refractivity contribution is 5.99. The van der Waals surface area contributed by atoms with Gasteiger partial charge in [-0.25, -0.2) is 0 Å². The molecule has 5 nitrogen and oxygen atoms in total. The number of likely N-dealkylation sites (N-methyl/N-ethyl adjacent to an activating group) is 1. The van der Waals surface area contributed by atoms with Crippen LogP contribution in [0.2, 0.25) is 0 Å². The van der Waals surface area contributed by atoms with Crippen molar-refractivity contribution in [3.8, 4) is 0 Å². The average Bonchev–Trinajstić information content (AvgIpc) is 2.26. The van der Waals surface area contributed by atoms with Gasteiger partial charge in [-0.2, -0.15) is 0 Å². The van der Waals surface area contributed by atoms with E-state index in [2.05, 4.69) is 0 Å². The zero-order valence-corrected chi connectivity index (χ0v) is 9.47. The maximum absolute atomic E-state index is 11.2. The maximum Gasteiger partial charge on any atom is 0.250 e. The summed E-state index contributed by atoms with van der Waals surface area (Å²) in [5, 5.41) is 9.08. The molecule has 5 N–H and O–H groups in total. The molecule has 0 fully saturated rings. The monoisotopic (exact) mass is 223 g/mol. The van der Waals surface area contributed by atoms with E-state index < -0.39 is 5.91 Å². The van der Waals surface area contributed by atoms with E-state index in [1.165, 1.54) is 0 Å². The number of primary amides is 1. The summed E-state index contributed by atoms with van der Waals surface area (Å²) in [6.07, 6.45) is 0. The number of nitrogens with zero attached hydrogens (tertiary/aromatic N) is 1. The lowest BCUT2D eigenvalue weighted by Crippen LogP contribution is -2.33. The van der Waals surface area contributed by atoms with Crippen molar-refractivity contribution in [2.24, 2.45) is 5.73 Å². The van der Waals surface area contributed by atoms with E-state index in [-0.39, 0.29) is 12.6 Å². The number of carbonyl (C=O) groups is 1. The highest BCUT2D eigenvalue weighted by Gasteiger charge is 2.15. The Bertz CT molecular complexity index is 393. The largest absolute Gasteiger partial charge is 0.399 e. The van der Waals surface area contributed by atoms with Crippen molar-refractivity contribution >= 4 is 17.3 Å². The molecule has 88 valence electrons. The molecule has 1 aromatic carbocycles. The van der Waals surface area contributed by atoms with Gasteiger partial charge >= 0.3 is 0 Å². The zero-order chi connectivity index (χ0) is 12.3. The highest BCUT2D eigenvalue weighted by atomic mass is 16.3. The van der Waals surface area contributed by atoms with E-state index >= 15 is 0 Å². The summed E-state index contributed by atoms with van der Waals surface area (Å²) < 4.78 is 0. The summed E-state index contributed by atoms with van der Waals surface area (Å²) in [6.45, 7) is 1.83. The summed E-state index contributed by atoms with van der Waals surface area (Å²) in [5.41, 5.74) is 12.5. The number of nitrogens with two attached hydrogens (primary N) is 2. The van der Waals surface area contributed by atoms with Crippen molar-refractivity contribution in [2.45, 2.75) is 13.0 Å². The first-order valence-electron chi connectivity index (χ1n) is 5.00. The minimum atomic E-state index is -0.507.